The number of carbonyl (C=O) groups is 2. The van der Waals surface area contributed by atoms with E-state index in [2.05, 4.69) is 0 Å². The highest BCUT2D eigenvalue weighted by molar-refractivity contribution is 6.30. The number of carboxylic acids is 1. The smallest absolute Gasteiger partial charge is 0.314 e. The number of Topliss-reactive ketones (excluding diaryl/α,β-unsaturated/α-hetero) is 1. The maximum absolute atomic E-state index is 11.7. The monoisotopic (exact) mass is 224 g/mol. The Hall–Kier alpha value is -1.35. The third-order valence-corrected chi connectivity index (χ3v) is 2.88. The second kappa shape index (κ2) is 3.66. The Kier molecular flexibility index (Phi) is 2.49. The minimum Gasteiger partial charge on any atom is -0.481 e. The van der Waals surface area contributed by atoms with Crippen molar-refractivity contribution in [3.05, 3.63) is 34.3 Å². The third kappa shape index (κ3) is 1.75. The van der Waals surface area contributed by atoms with E-state index in [4.69, 9.17) is 16.7 Å². The number of ketones is 1. The molecule has 1 aliphatic rings. The van der Waals surface area contributed by atoms with Gasteiger partial charge >= 0.3 is 5.97 Å². The number of benzene rings is 1. The molecule has 1 atom stereocenters. The molecule has 15 heavy (non-hydrogen) atoms. The molecule has 0 aromatic heterocycles. The summed E-state index contributed by atoms with van der Waals surface area (Å²) in [5.74, 6) is -2.24. The molecule has 0 radical (unpaired) electrons. The van der Waals surface area contributed by atoms with Crippen LogP contribution in [0.4, 0.5) is 0 Å². The molecule has 0 saturated heterocycles. The summed E-state index contributed by atoms with van der Waals surface area (Å²) in [6.07, 6.45) is 0.958. The minimum absolute atomic E-state index is 0.305. The summed E-state index contributed by atoms with van der Waals surface area (Å²) in [5.41, 5.74) is 1.35. The van der Waals surface area contributed by atoms with E-state index in [1.165, 1.54) is 0 Å². The van der Waals surface area contributed by atoms with Gasteiger partial charge in [-0.05, 0) is 36.6 Å². The number of rotatable bonds is 1. The van der Waals surface area contributed by atoms with E-state index in [-0.39, 0.29) is 5.78 Å². The van der Waals surface area contributed by atoms with E-state index in [1.54, 1.807) is 18.2 Å². The van der Waals surface area contributed by atoms with Crippen LogP contribution < -0.4 is 0 Å². The number of carboxylic acid groups (broad SMARTS) is 1. The van der Waals surface area contributed by atoms with Crippen molar-refractivity contribution >= 4 is 23.4 Å². The minimum atomic E-state index is -1.04. The van der Waals surface area contributed by atoms with Crippen molar-refractivity contribution in [3.63, 3.8) is 0 Å². The summed E-state index contributed by atoms with van der Waals surface area (Å²) in [5, 5.41) is 9.42. The van der Waals surface area contributed by atoms with Crippen LogP contribution >= 0.6 is 11.6 Å². The molecule has 78 valence electrons. The molecule has 0 bridgehead atoms. The molecule has 1 aliphatic carbocycles. The first-order valence-electron chi connectivity index (χ1n) is 4.65. The molecule has 1 N–H and O–H groups in total. The normalized spacial score (nSPS) is 19.8. The van der Waals surface area contributed by atoms with Crippen molar-refractivity contribution in [3.8, 4) is 0 Å². The van der Waals surface area contributed by atoms with Gasteiger partial charge in [0.2, 0.25) is 0 Å². The van der Waals surface area contributed by atoms with E-state index >= 15 is 0 Å². The predicted octanol–water partition coefficient (Wildman–Crippen LogP) is 2.17. The highest BCUT2D eigenvalue weighted by Crippen LogP contribution is 2.27. The number of fused-ring (bicyclic) bond motifs is 1. The van der Waals surface area contributed by atoms with Gasteiger partial charge in [-0.3, -0.25) is 9.59 Å². The van der Waals surface area contributed by atoms with Crippen LogP contribution in [-0.2, 0) is 11.2 Å². The van der Waals surface area contributed by atoms with Crippen molar-refractivity contribution in [1.29, 1.82) is 0 Å². The van der Waals surface area contributed by atoms with Crippen LogP contribution in [0.15, 0.2) is 18.2 Å². The predicted molar refractivity (Wildman–Crippen MR) is 55.2 cm³/mol. The molecule has 0 heterocycles. The van der Waals surface area contributed by atoms with Gasteiger partial charge in [0.25, 0.3) is 0 Å². The zero-order chi connectivity index (χ0) is 11.0. The zero-order valence-corrected chi connectivity index (χ0v) is 8.62. The van der Waals surface area contributed by atoms with Gasteiger partial charge in [-0.2, -0.15) is 0 Å². The molecule has 4 heteroatoms. The Bertz CT molecular complexity index is 439. The average molecular weight is 225 g/mol. The van der Waals surface area contributed by atoms with Crippen LogP contribution in [0.25, 0.3) is 0 Å². The maximum Gasteiger partial charge on any atom is 0.314 e. The summed E-state index contributed by atoms with van der Waals surface area (Å²) >= 11 is 5.80. The Morgan fingerprint density at radius 2 is 2.20 bits per heavy atom. The van der Waals surface area contributed by atoms with Crippen molar-refractivity contribution in [1.82, 2.24) is 0 Å². The highest BCUT2D eigenvalue weighted by Gasteiger charge is 2.32. The lowest BCUT2D eigenvalue weighted by atomic mass is 9.83. The fourth-order valence-corrected chi connectivity index (χ4v) is 2.06. The summed E-state index contributed by atoms with van der Waals surface area (Å²) in [7, 11) is 0. The van der Waals surface area contributed by atoms with Gasteiger partial charge in [0.05, 0.1) is 0 Å². The average Bonchev–Trinajstić information content (AvgIpc) is 2.17. The third-order valence-electron chi connectivity index (χ3n) is 2.65. The van der Waals surface area contributed by atoms with E-state index in [0.29, 0.717) is 23.4 Å². The van der Waals surface area contributed by atoms with Gasteiger partial charge in [-0.25, -0.2) is 0 Å². The molecular formula is C11H9ClO3. The summed E-state index contributed by atoms with van der Waals surface area (Å²) < 4.78 is 0. The molecule has 0 spiro atoms. The first-order chi connectivity index (χ1) is 7.09. The number of aliphatic carboxylic acids is 1. The van der Waals surface area contributed by atoms with Gasteiger partial charge < -0.3 is 5.11 Å². The van der Waals surface area contributed by atoms with Gasteiger partial charge in [-0.15, -0.1) is 0 Å². The lowest BCUT2D eigenvalue weighted by Gasteiger charge is -2.20. The van der Waals surface area contributed by atoms with Gasteiger partial charge in [-0.1, -0.05) is 11.6 Å². The maximum atomic E-state index is 11.7. The number of hydrogen-bond acceptors (Lipinski definition) is 2. The fourth-order valence-electron chi connectivity index (χ4n) is 1.86. The van der Waals surface area contributed by atoms with Crippen LogP contribution in [0.5, 0.6) is 0 Å². The standard InChI is InChI=1S/C11H9ClO3/c12-7-2-4-8-6(5-7)1-3-9(10(8)13)11(14)15/h2,4-5,9H,1,3H2,(H,14,15). The molecule has 1 unspecified atom stereocenters. The molecular weight excluding hydrogens is 216 g/mol. The Labute approximate surface area is 91.7 Å². The number of halogens is 1. The number of aryl methyl sites for hydroxylation is 1. The quantitative estimate of drug-likeness (QED) is 0.744. The van der Waals surface area contributed by atoms with Crippen molar-refractivity contribution in [2.24, 2.45) is 5.92 Å². The zero-order valence-electron chi connectivity index (χ0n) is 7.87. The van der Waals surface area contributed by atoms with Gasteiger partial charge in [0, 0.05) is 10.6 Å². The molecule has 2 rings (SSSR count). The molecule has 0 fully saturated rings. The van der Waals surface area contributed by atoms with Gasteiger partial charge in [0.1, 0.15) is 5.92 Å². The van der Waals surface area contributed by atoms with Crippen molar-refractivity contribution in [2.45, 2.75) is 12.8 Å². The van der Waals surface area contributed by atoms with E-state index in [0.717, 1.165) is 5.56 Å². The van der Waals surface area contributed by atoms with Crippen LogP contribution in [0, 0.1) is 5.92 Å². The topological polar surface area (TPSA) is 54.4 Å². The lowest BCUT2D eigenvalue weighted by molar-refractivity contribution is -0.140. The van der Waals surface area contributed by atoms with Crippen molar-refractivity contribution in [2.75, 3.05) is 0 Å². The molecule has 3 nitrogen and oxygen atoms in total. The summed E-state index contributed by atoms with van der Waals surface area (Å²) in [6.45, 7) is 0. The Morgan fingerprint density at radius 3 is 2.87 bits per heavy atom. The molecule has 0 saturated carbocycles. The number of carbonyl (C=O) groups excluding carboxylic acids is 1. The second-order valence-corrected chi connectivity index (χ2v) is 4.03. The van der Waals surface area contributed by atoms with Crippen LogP contribution in [0.2, 0.25) is 5.02 Å². The van der Waals surface area contributed by atoms with E-state index < -0.39 is 11.9 Å². The SMILES string of the molecule is O=C(O)C1CCc2cc(Cl)ccc2C1=O. The summed E-state index contributed by atoms with van der Waals surface area (Å²) in [4.78, 5) is 22.5. The first kappa shape index (κ1) is 10.2. The Morgan fingerprint density at radius 1 is 1.47 bits per heavy atom. The van der Waals surface area contributed by atoms with Crippen molar-refractivity contribution < 1.29 is 14.7 Å². The van der Waals surface area contributed by atoms with Crippen LogP contribution in [0.1, 0.15) is 22.3 Å². The lowest BCUT2D eigenvalue weighted by Crippen LogP contribution is -2.29. The first-order valence-corrected chi connectivity index (χ1v) is 5.03. The Balaban J connectivity index is 2.43. The van der Waals surface area contributed by atoms with Gasteiger partial charge in [0.15, 0.2) is 5.78 Å². The number of hydrogen-bond donors (Lipinski definition) is 1. The van der Waals surface area contributed by atoms with Crippen LogP contribution in [-0.4, -0.2) is 16.9 Å². The molecule has 0 aliphatic heterocycles. The van der Waals surface area contributed by atoms with E-state index in [1.807, 2.05) is 0 Å². The second-order valence-electron chi connectivity index (χ2n) is 3.60. The largest absolute Gasteiger partial charge is 0.481 e. The molecule has 0 amide bonds. The molecule has 1 aromatic rings. The fraction of sp³-hybridized carbons (Fsp3) is 0.273. The highest BCUT2D eigenvalue weighted by atomic mass is 35.5. The molecule has 1 aromatic carbocycles. The van der Waals surface area contributed by atoms with E-state index in [9.17, 15) is 9.59 Å². The van der Waals surface area contributed by atoms with Crippen LogP contribution in [0.3, 0.4) is 0 Å². The summed E-state index contributed by atoms with van der Waals surface area (Å²) in [6, 6.07) is 4.95.